The van der Waals surface area contributed by atoms with E-state index in [1.54, 1.807) is 18.2 Å². The van der Waals surface area contributed by atoms with Crippen LogP contribution in [0.15, 0.2) is 53.4 Å². The summed E-state index contributed by atoms with van der Waals surface area (Å²) in [7, 11) is -1.64. The predicted octanol–water partition coefficient (Wildman–Crippen LogP) is 1.38. The van der Waals surface area contributed by atoms with E-state index in [0.29, 0.717) is 38.3 Å². The fraction of sp³-hybridized carbons (Fsp3) is 0.458. The van der Waals surface area contributed by atoms with Crippen molar-refractivity contribution < 1.29 is 17.9 Å². The number of hydrogen-bond acceptors (Lipinski definition) is 6. The molecule has 2 aromatic carbocycles. The molecule has 0 aliphatic carbocycles. The Morgan fingerprint density at radius 3 is 2.39 bits per heavy atom. The molecule has 0 bridgehead atoms. The Kier molecular flexibility index (Phi) is 7.77. The minimum atomic E-state index is -3.62. The first-order chi connectivity index (χ1) is 15.9. The number of likely N-dealkylation sites (N-methyl/N-ethyl adjacent to an activating group) is 1. The highest BCUT2D eigenvalue weighted by Crippen LogP contribution is 2.19. The Morgan fingerprint density at radius 1 is 0.939 bits per heavy atom. The molecule has 0 radical (unpaired) electrons. The Bertz CT molecular complexity index is 1060. The minimum absolute atomic E-state index is 0.159. The maximum absolute atomic E-state index is 13.0. The molecule has 9 heteroatoms. The molecule has 2 aliphatic heterocycles. The van der Waals surface area contributed by atoms with Crippen LogP contribution in [0.4, 0.5) is 0 Å². The highest BCUT2D eigenvalue weighted by atomic mass is 32.2. The number of nitrogens with zero attached hydrogens (tertiary/aromatic N) is 3. The molecule has 1 amide bonds. The van der Waals surface area contributed by atoms with E-state index in [2.05, 4.69) is 27.2 Å². The summed E-state index contributed by atoms with van der Waals surface area (Å²) in [4.78, 5) is 17.4. The molecule has 4 rings (SSSR count). The number of morpholine rings is 1. The molecule has 2 aliphatic rings. The molecule has 2 aromatic rings. The van der Waals surface area contributed by atoms with Crippen LogP contribution in [0.5, 0.6) is 0 Å². The van der Waals surface area contributed by atoms with Crippen LogP contribution < -0.4 is 5.32 Å². The van der Waals surface area contributed by atoms with Crippen molar-refractivity contribution in [2.75, 3.05) is 59.5 Å². The van der Waals surface area contributed by atoms with E-state index in [9.17, 15) is 13.2 Å². The van der Waals surface area contributed by atoms with E-state index >= 15 is 0 Å². The van der Waals surface area contributed by atoms with Crippen molar-refractivity contribution in [3.63, 3.8) is 0 Å². The van der Waals surface area contributed by atoms with Crippen LogP contribution in [0.2, 0.25) is 0 Å². The molecule has 2 saturated heterocycles. The summed E-state index contributed by atoms with van der Waals surface area (Å²) in [6.45, 7) is 6.92. The Balaban J connectivity index is 1.38. The van der Waals surface area contributed by atoms with Crippen LogP contribution in [0, 0.1) is 0 Å². The van der Waals surface area contributed by atoms with Crippen molar-refractivity contribution in [2.24, 2.45) is 0 Å². The number of rotatable bonds is 7. The van der Waals surface area contributed by atoms with Crippen LogP contribution in [0.25, 0.3) is 0 Å². The number of nitrogens with one attached hydrogen (secondary N) is 1. The van der Waals surface area contributed by atoms with Crippen LogP contribution in [0.1, 0.15) is 21.5 Å². The van der Waals surface area contributed by atoms with Crippen LogP contribution >= 0.6 is 0 Å². The normalized spacial score (nSPS) is 18.8. The zero-order valence-electron chi connectivity index (χ0n) is 19.1. The van der Waals surface area contributed by atoms with Crippen molar-refractivity contribution in [3.8, 4) is 0 Å². The SMILES string of the molecule is CN1CCN(S(=O)(=O)c2cccc(C(=O)NCc3cccc(CN4CCOCC4)c3)c2)CC1. The molecule has 0 atom stereocenters. The first kappa shape index (κ1) is 23.8. The number of benzene rings is 2. The standard InChI is InChI=1S/C24H32N4O4S/c1-26-8-10-28(11-9-26)33(30,31)23-7-3-6-22(17-23)24(29)25-18-20-4-2-5-21(16-20)19-27-12-14-32-15-13-27/h2-7,16-17H,8-15,18-19H2,1H3,(H,25,29). The molecule has 0 spiro atoms. The van der Waals surface area contributed by atoms with Gasteiger partial charge >= 0.3 is 0 Å². The van der Waals surface area contributed by atoms with Crippen molar-refractivity contribution in [3.05, 3.63) is 65.2 Å². The smallest absolute Gasteiger partial charge is 0.251 e. The first-order valence-corrected chi connectivity index (χ1v) is 12.8. The topological polar surface area (TPSA) is 82.2 Å². The van der Waals surface area contributed by atoms with Gasteiger partial charge in [-0.15, -0.1) is 0 Å². The monoisotopic (exact) mass is 472 g/mol. The summed E-state index contributed by atoms with van der Waals surface area (Å²) in [6.07, 6.45) is 0. The number of carbonyl (C=O) groups excluding carboxylic acids is 1. The van der Waals surface area contributed by atoms with Crippen molar-refractivity contribution in [1.29, 1.82) is 0 Å². The number of carbonyl (C=O) groups is 1. The lowest BCUT2D eigenvalue weighted by Gasteiger charge is -2.31. The Hall–Kier alpha value is -2.30. The Morgan fingerprint density at radius 2 is 1.64 bits per heavy atom. The van der Waals surface area contributed by atoms with E-state index < -0.39 is 10.0 Å². The van der Waals surface area contributed by atoms with Gasteiger partial charge in [0, 0.05) is 57.9 Å². The van der Waals surface area contributed by atoms with Crippen molar-refractivity contribution in [2.45, 2.75) is 18.0 Å². The third-order valence-corrected chi connectivity index (χ3v) is 8.05. The zero-order chi connectivity index (χ0) is 23.3. The number of amides is 1. The number of piperazine rings is 1. The molecule has 0 aromatic heterocycles. The molecule has 8 nitrogen and oxygen atoms in total. The fourth-order valence-electron chi connectivity index (χ4n) is 4.12. The highest BCUT2D eigenvalue weighted by Gasteiger charge is 2.28. The quantitative estimate of drug-likeness (QED) is 0.656. The molecule has 1 N–H and O–H groups in total. The molecule has 2 heterocycles. The summed E-state index contributed by atoms with van der Waals surface area (Å²) < 4.78 is 32.9. The van der Waals surface area contributed by atoms with E-state index in [0.717, 1.165) is 38.4 Å². The van der Waals surface area contributed by atoms with Gasteiger partial charge in [0.2, 0.25) is 10.0 Å². The zero-order valence-corrected chi connectivity index (χ0v) is 19.9. The van der Waals surface area contributed by atoms with Crippen LogP contribution in [-0.2, 0) is 27.8 Å². The summed E-state index contributed by atoms with van der Waals surface area (Å²) in [6, 6.07) is 14.5. The maximum atomic E-state index is 13.0. The first-order valence-electron chi connectivity index (χ1n) is 11.4. The van der Waals surface area contributed by atoms with Gasteiger partial charge in [0.05, 0.1) is 18.1 Å². The second kappa shape index (κ2) is 10.8. The lowest BCUT2D eigenvalue weighted by atomic mass is 10.1. The van der Waals surface area contributed by atoms with Gasteiger partial charge in [0.25, 0.3) is 5.91 Å². The van der Waals surface area contributed by atoms with E-state index in [-0.39, 0.29) is 10.8 Å². The summed E-state index contributed by atoms with van der Waals surface area (Å²) in [5, 5.41) is 2.92. The molecule has 2 fully saturated rings. The fourth-order valence-corrected chi connectivity index (χ4v) is 5.58. The lowest BCUT2D eigenvalue weighted by Crippen LogP contribution is -2.47. The van der Waals surface area contributed by atoms with Crippen LogP contribution in [0.3, 0.4) is 0 Å². The van der Waals surface area contributed by atoms with E-state index in [4.69, 9.17) is 4.74 Å². The number of hydrogen-bond donors (Lipinski definition) is 1. The lowest BCUT2D eigenvalue weighted by molar-refractivity contribution is 0.0342. The van der Waals surface area contributed by atoms with Gasteiger partial charge in [0.1, 0.15) is 0 Å². The Labute approximate surface area is 196 Å². The molecule has 178 valence electrons. The molecule has 0 unspecified atom stereocenters. The second-order valence-electron chi connectivity index (χ2n) is 8.63. The molecule has 0 saturated carbocycles. The van der Waals surface area contributed by atoms with Gasteiger partial charge < -0.3 is 15.0 Å². The predicted molar refractivity (Wildman–Crippen MR) is 126 cm³/mol. The van der Waals surface area contributed by atoms with Gasteiger partial charge in [-0.05, 0) is 36.4 Å². The summed E-state index contributed by atoms with van der Waals surface area (Å²) in [5.41, 5.74) is 2.55. The largest absolute Gasteiger partial charge is 0.379 e. The summed E-state index contributed by atoms with van der Waals surface area (Å²) in [5.74, 6) is -0.288. The van der Waals surface area contributed by atoms with Gasteiger partial charge in [-0.1, -0.05) is 30.3 Å². The van der Waals surface area contributed by atoms with Gasteiger partial charge in [-0.3, -0.25) is 9.69 Å². The number of sulfonamides is 1. The van der Waals surface area contributed by atoms with E-state index in [1.165, 1.54) is 15.9 Å². The van der Waals surface area contributed by atoms with Gasteiger partial charge in [0.15, 0.2) is 0 Å². The minimum Gasteiger partial charge on any atom is -0.379 e. The molecular formula is C24H32N4O4S. The maximum Gasteiger partial charge on any atom is 0.251 e. The van der Waals surface area contributed by atoms with Crippen molar-refractivity contribution in [1.82, 2.24) is 19.4 Å². The second-order valence-corrected chi connectivity index (χ2v) is 10.6. The molecule has 33 heavy (non-hydrogen) atoms. The van der Waals surface area contributed by atoms with Gasteiger partial charge in [-0.2, -0.15) is 4.31 Å². The van der Waals surface area contributed by atoms with E-state index in [1.807, 2.05) is 19.2 Å². The average molecular weight is 473 g/mol. The van der Waals surface area contributed by atoms with Crippen molar-refractivity contribution >= 4 is 15.9 Å². The third-order valence-electron chi connectivity index (χ3n) is 6.15. The molecular weight excluding hydrogens is 440 g/mol. The highest BCUT2D eigenvalue weighted by molar-refractivity contribution is 7.89. The van der Waals surface area contributed by atoms with Crippen LogP contribution in [-0.4, -0.2) is 88.0 Å². The summed E-state index contributed by atoms with van der Waals surface area (Å²) >= 11 is 0. The van der Waals surface area contributed by atoms with Gasteiger partial charge in [-0.25, -0.2) is 8.42 Å². The average Bonchev–Trinajstić information content (AvgIpc) is 2.84. The number of ether oxygens (including phenoxy) is 1. The third kappa shape index (κ3) is 6.18.